The molecule has 0 bridgehead atoms. The van der Waals surface area contributed by atoms with Crippen LogP contribution in [0.4, 0.5) is 0 Å². The van der Waals surface area contributed by atoms with E-state index in [1.807, 2.05) is 20.8 Å². The van der Waals surface area contributed by atoms with Crippen molar-refractivity contribution in [2.75, 3.05) is 0 Å². The third kappa shape index (κ3) is 2.93. The average molecular weight is 346 g/mol. The Bertz CT molecular complexity index is 808. The number of ether oxygens (including phenoxy) is 1. The van der Waals surface area contributed by atoms with E-state index in [0.717, 1.165) is 0 Å². The van der Waals surface area contributed by atoms with Gasteiger partial charge in [-0.15, -0.1) is 0 Å². The van der Waals surface area contributed by atoms with E-state index in [4.69, 9.17) is 4.74 Å². The molecule has 1 heterocycles. The topological polar surface area (TPSA) is 110 Å². The second-order valence-electron chi connectivity index (χ2n) is 7.50. The number of hydrogen-bond donors (Lipinski definition) is 5. The van der Waals surface area contributed by atoms with Gasteiger partial charge in [0.25, 0.3) is 0 Å². The van der Waals surface area contributed by atoms with Crippen molar-refractivity contribution >= 4 is 0 Å². The lowest BCUT2D eigenvalue weighted by Crippen LogP contribution is -2.40. The summed E-state index contributed by atoms with van der Waals surface area (Å²) in [6.07, 6.45) is -1.84. The first kappa shape index (κ1) is 17.2. The molecule has 0 aromatic heterocycles. The SMILES string of the molecule is CC(C)(C)C1c2c(O)cc(O)cc2O[C@H](c2ccc(O)c(O)c2)[C@H]1O. The van der Waals surface area contributed by atoms with E-state index in [-0.39, 0.29) is 28.7 Å². The summed E-state index contributed by atoms with van der Waals surface area (Å²) in [6.45, 7) is 5.81. The molecule has 3 atom stereocenters. The Morgan fingerprint density at radius 3 is 2.16 bits per heavy atom. The van der Waals surface area contributed by atoms with Gasteiger partial charge in [-0.2, -0.15) is 0 Å². The van der Waals surface area contributed by atoms with Crippen LogP contribution in [-0.4, -0.2) is 31.6 Å². The largest absolute Gasteiger partial charge is 0.508 e. The van der Waals surface area contributed by atoms with E-state index in [1.165, 1.54) is 24.3 Å². The normalized spacial score (nSPS) is 23.0. The summed E-state index contributed by atoms with van der Waals surface area (Å²) < 4.78 is 5.85. The Balaban J connectivity index is 2.16. The number of aliphatic hydroxyl groups is 1. The second kappa shape index (κ2) is 5.74. The molecule has 1 unspecified atom stereocenters. The molecule has 134 valence electrons. The number of aliphatic hydroxyl groups excluding tert-OH is 1. The molecular weight excluding hydrogens is 324 g/mol. The van der Waals surface area contributed by atoms with E-state index >= 15 is 0 Å². The van der Waals surface area contributed by atoms with E-state index in [2.05, 4.69) is 0 Å². The van der Waals surface area contributed by atoms with Crippen LogP contribution in [0.5, 0.6) is 28.7 Å². The number of aromatic hydroxyl groups is 4. The van der Waals surface area contributed by atoms with Crippen molar-refractivity contribution in [3.8, 4) is 28.7 Å². The predicted molar refractivity (Wildman–Crippen MR) is 91.1 cm³/mol. The fourth-order valence-corrected chi connectivity index (χ4v) is 3.49. The van der Waals surface area contributed by atoms with Crippen LogP contribution in [0.15, 0.2) is 30.3 Å². The predicted octanol–water partition coefficient (Wildman–Crippen LogP) is 3.13. The highest BCUT2D eigenvalue weighted by Crippen LogP contribution is 2.54. The van der Waals surface area contributed by atoms with Gasteiger partial charge >= 0.3 is 0 Å². The minimum atomic E-state index is -1.01. The standard InChI is InChI=1S/C19H22O6/c1-19(2,3)16-15-13(23)7-10(20)8-14(15)25-18(17(16)24)9-4-5-11(21)12(22)6-9/h4-8,16-18,20-24H,1-3H3/t16?,17-,18+/m0/s1. The first-order chi connectivity index (χ1) is 11.6. The zero-order valence-corrected chi connectivity index (χ0v) is 14.3. The lowest BCUT2D eigenvalue weighted by atomic mass is 9.69. The van der Waals surface area contributed by atoms with E-state index in [9.17, 15) is 25.5 Å². The van der Waals surface area contributed by atoms with Crippen LogP contribution in [0.1, 0.15) is 43.9 Å². The Labute approximate surface area is 145 Å². The average Bonchev–Trinajstić information content (AvgIpc) is 2.49. The van der Waals surface area contributed by atoms with Crippen LogP contribution in [0.3, 0.4) is 0 Å². The zero-order chi connectivity index (χ0) is 18.5. The molecule has 3 rings (SSSR count). The number of fused-ring (bicyclic) bond motifs is 1. The number of phenols is 4. The van der Waals surface area contributed by atoms with Crippen molar-refractivity contribution in [1.82, 2.24) is 0 Å². The van der Waals surface area contributed by atoms with Gasteiger partial charge in [0.1, 0.15) is 23.4 Å². The van der Waals surface area contributed by atoms with Gasteiger partial charge in [-0.05, 0) is 23.1 Å². The van der Waals surface area contributed by atoms with Crippen molar-refractivity contribution in [2.45, 2.75) is 38.9 Å². The van der Waals surface area contributed by atoms with Gasteiger partial charge in [0, 0.05) is 23.6 Å². The van der Waals surface area contributed by atoms with Crippen LogP contribution in [0.2, 0.25) is 0 Å². The Hall–Kier alpha value is -2.60. The molecule has 0 spiro atoms. The Morgan fingerprint density at radius 2 is 1.56 bits per heavy atom. The van der Waals surface area contributed by atoms with Crippen LogP contribution in [0.25, 0.3) is 0 Å². The van der Waals surface area contributed by atoms with Gasteiger partial charge in [-0.25, -0.2) is 0 Å². The van der Waals surface area contributed by atoms with Crippen molar-refractivity contribution < 1.29 is 30.3 Å². The molecule has 25 heavy (non-hydrogen) atoms. The third-order valence-electron chi connectivity index (χ3n) is 4.58. The monoisotopic (exact) mass is 346 g/mol. The fourth-order valence-electron chi connectivity index (χ4n) is 3.49. The lowest BCUT2D eigenvalue weighted by Gasteiger charge is -2.43. The highest BCUT2D eigenvalue weighted by Gasteiger charge is 2.45. The number of benzene rings is 2. The lowest BCUT2D eigenvalue weighted by molar-refractivity contribution is -0.0284. The number of rotatable bonds is 1. The Kier molecular flexibility index (Phi) is 3.95. The van der Waals surface area contributed by atoms with E-state index in [1.54, 1.807) is 6.07 Å². The van der Waals surface area contributed by atoms with Crippen LogP contribution < -0.4 is 4.74 Å². The molecule has 5 N–H and O–H groups in total. The zero-order valence-electron chi connectivity index (χ0n) is 14.3. The summed E-state index contributed by atoms with van der Waals surface area (Å²) in [5.74, 6) is -1.06. The summed E-state index contributed by atoms with van der Waals surface area (Å²) in [5.41, 5.74) is 0.506. The van der Waals surface area contributed by atoms with Crippen molar-refractivity contribution in [1.29, 1.82) is 0 Å². The van der Waals surface area contributed by atoms with E-state index < -0.39 is 23.5 Å². The van der Waals surface area contributed by atoms with Gasteiger partial charge in [-0.1, -0.05) is 26.8 Å². The molecule has 1 aliphatic rings. The molecule has 0 saturated heterocycles. The van der Waals surface area contributed by atoms with Crippen molar-refractivity contribution in [2.24, 2.45) is 5.41 Å². The number of phenolic OH excluding ortho intramolecular Hbond substituents is 4. The summed E-state index contributed by atoms with van der Waals surface area (Å²) in [7, 11) is 0. The van der Waals surface area contributed by atoms with Gasteiger partial charge in [0.2, 0.25) is 0 Å². The van der Waals surface area contributed by atoms with Gasteiger partial charge in [-0.3, -0.25) is 0 Å². The molecule has 2 aromatic carbocycles. The smallest absolute Gasteiger partial charge is 0.157 e. The van der Waals surface area contributed by atoms with Crippen molar-refractivity contribution in [3.63, 3.8) is 0 Å². The summed E-state index contributed by atoms with van der Waals surface area (Å²) in [5, 5.41) is 50.3. The first-order valence-electron chi connectivity index (χ1n) is 8.02. The maximum Gasteiger partial charge on any atom is 0.157 e. The van der Waals surface area contributed by atoms with E-state index in [0.29, 0.717) is 11.1 Å². The molecule has 0 amide bonds. The molecule has 0 fully saturated rings. The molecule has 0 saturated carbocycles. The molecule has 0 aliphatic carbocycles. The van der Waals surface area contributed by atoms with Crippen LogP contribution in [-0.2, 0) is 0 Å². The van der Waals surface area contributed by atoms with Crippen LogP contribution >= 0.6 is 0 Å². The van der Waals surface area contributed by atoms with Crippen molar-refractivity contribution in [3.05, 3.63) is 41.5 Å². The highest BCUT2D eigenvalue weighted by atomic mass is 16.5. The van der Waals surface area contributed by atoms with Crippen LogP contribution in [0, 0.1) is 5.41 Å². The molecule has 6 heteroatoms. The summed E-state index contributed by atoms with van der Waals surface area (Å²) >= 11 is 0. The summed E-state index contributed by atoms with van der Waals surface area (Å²) in [6, 6.07) is 6.82. The minimum absolute atomic E-state index is 0.138. The first-order valence-corrected chi connectivity index (χ1v) is 8.02. The van der Waals surface area contributed by atoms with Gasteiger partial charge in [0.05, 0.1) is 0 Å². The quantitative estimate of drug-likeness (QED) is 0.507. The third-order valence-corrected chi connectivity index (χ3v) is 4.58. The summed E-state index contributed by atoms with van der Waals surface area (Å²) in [4.78, 5) is 0. The molecule has 0 radical (unpaired) electrons. The maximum atomic E-state index is 11.0. The minimum Gasteiger partial charge on any atom is -0.508 e. The molecular formula is C19H22O6. The maximum absolute atomic E-state index is 11.0. The molecule has 1 aliphatic heterocycles. The fraction of sp³-hybridized carbons (Fsp3) is 0.368. The van der Waals surface area contributed by atoms with Gasteiger partial charge in [0.15, 0.2) is 17.6 Å². The highest BCUT2D eigenvalue weighted by molar-refractivity contribution is 5.54. The Morgan fingerprint density at radius 1 is 0.880 bits per heavy atom. The second-order valence-corrected chi connectivity index (χ2v) is 7.50. The molecule has 6 nitrogen and oxygen atoms in total. The number of hydrogen-bond acceptors (Lipinski definition) is 6. The van der Waals surface area contributed by atoms with Gasteiger partial charge < -0.3 is 30.3 Å². The molecule has 2 aromatic rings.